The zero-order valence-corrected chi connectivity index (χ0v) is 31.8. The molecule has 1 saturated heterocycles. The fourth-order valence-corrected chi connectivity index (χ4v) is 8.57. The van der Waals surface area contributed by atoms with Gasteiger partial charge >= 0.3 is 6.18 Å². The molecular formula is C40H49F3N6O4S. The van der Waals surface area contributed by atoms with Crippen molar-refractivity contribution in [3.8, 4) is 10.6 Å². The predicted octanol–water partition coefficient (Wildman–Crippen LogP) is 4.95. The van der Waals surface area contributed by atoms with E-state index >= 15 is 0 Å². The van der Waals surface area contributed by atoms with Crippen molar-refractivity contribution in [1.82, 2.24) is 30.2 Å². The number of fused-ring (bicyclic) bond motifs is 1. The van der Waals surface area contributed by atoms with E-state index in [2.05, 4.69) is 20.6 Å². The van der Waals surface area contributed by atoms with Crippen LogP contribution >= 0.6 is 11.3 Å². The highest BCUT2D eigenvalue weighted by Gasteiger charge is 2.38. The molecule has 4 N–H and O–H groups in total. The highest BCUT2D eigenvalue weighted by atomic mass is 32.1. The Labute approximate surface area is 318 Å². The maximum Gasteiger partial charge on any atom is 0.435 e. The summed E-state index contributed by atoms with van der Waals surface area (Å²) in [5.74, 6) is -1.01. The molecule has 6 rings (SSSR count). The van der Waals surface area contributed by atoms with Gasteiger partial charge in [0.15, 0.2) is 5.69 Å². The number of carbonyl (C=O) groups is 2. The number of hydrogen-bond donors (Lipinski definition) is 4. The molecule has 10 nitrogen and oxygen atoms in total. The molecule has 0 radical (unpaired) electrons. The van der Waals surface area contributed by atoms with Gasteiger partial charge in [-0.05, 0) is 68.5 Å². The second-order valence-electron chi connectivity index (χ2n) is 15.5. The van der Waals surface area contributed by atoms with Crippen molar-refractivity contribution in [2.45, 2.75) is 82.6 Å². The van der Waals surface area contributed by atoms with Crippen molar-refractivity contribution in [3.63, 3.8) is 0 Å². The number of rotatable bonds is 12. The van der Waals surface area contributed by atoms with Gasteiger partial charge in [0.25, 0.3) is 0 Å². The van der Waals surface area contributed by atoms with Crippen molar-refractivity contribution < 1.29 is 33.0 Å². The Morgan fingerprint density at radius 1 is 1.02 bits per heavy atom. The van der Waals surface area contributed by atoms with Crippen molar-refractivity contribution in [2.24, 2.45) is 13.0 Å². The monoisotopic (exact) mass is 766 g/mol. The molecule has 1 aliphatic carbocycles. The van der Waals surface area contributed by atoms with E-state index < -0.39 is 47.6 Å². The van der Waals surface area contributed by atoms with Crippen LogP contribution < -0.4 is 10.6 Å². The van der Waals surface area contributed by atoms with Gasteiger partial charge in [-0.2, -0.15) is 18.3 Å². The van der Waals surface area contributed by atoms with Gasteiger partial charge in [-0.15, -0.1) is 11.3 Å². The number of thiophene rings is 1. The molecule has 290 valence electrons. The number of hydrogen-bond acceptors (Lipinski definition) is 8. The van der Waals surface area contributed by atoms with Crippen LogP contribution in [0.2, 0.25) is 0 Å². The SMILES string of the molecule is Cn1nc(C(F)(F)F)cc1-c1ccc(CN2CCN(C[C@@H](O)C[C@@H](Cc3ccccc3)C(=O)NC3c4ccccc4C[C@H]3O)[C@H](C(=O)NC(C)(C)C)C2)s1. The zero-order chi connectivity index (χ0) is 38.8. The average molecular weight is 767 g/mol. The molecule has 1 unspecified atom stereocenters. The lowest BCUT2D eigenvalue weighted by Gasteiger charge is -2.42. The van der Waals surface area contributed by atoms with Gasteiger partial charge in [-0.3, -0.25) is 24.1 Å². The highest BCUT2D eigenvalue weighted by molar-refractivity contribution is 7.15. The summed E-state index contributed by atoms with van der Waals surface area (Å²) < 4.78 is 41.1. The molecular weight excluding hydrogens is 718 g/mol. The van der Waals surface area contributed by atoms with E-state index in [0.29, 0.717) is 49.6 Å². The van der Waals surface area contributed by atoms with E-state index in [4.69, 9.17) is 0 Å². The van der Waals surface area contributed by atoms with Crippen LogP contribution in [0.4, 0.5) is 13.2 Å². The molecule has 1 aliphatic heterocycles. The minimum absolute atomic E-state index is 0.154. The summed E-state index contributed by atoms with van der Waals surface area (Å²) >= 11 is 1.39. The van der Waals surface area contributed by atoms with E-state index in [0.717, 1.165) is 27.6 Å². The van der Waals surface area contributed by atoms with Crippen LogP contribution in [0.25, 0.3) is 10.6 Å². The number of piperazine rings is 1. The Hall–Kier alpha value is -4.08. The lowest BCUT2D eigenvalue weighted by molar-refractivity contribution is -0.141. The van der Waals surface area contributed by atoms with Gasteiger partial charge in [0.2, 0.25) is 11.8 Å². The fourth-order valence-electron chi connectivity index (χ4n) is 7.47. The van der Waals surface area contributed by atoms with Crippen LogP contribution in [0.15, 0.2) is 72.8 Å². The number of aliphatic hydroxyl groups excluding tert-OH is 2. The number of benzene rings is 2. The number of carbonyl (C=O) groups excluding carboxylic acids is 2. The number of aromatic nitrogens is 2. The number of alkyl halides is 3. The third-order valence-electron chi connectivity index (χ3n) is 10.0. The number of aryl methyl sites for hydroxylation is 1. The summed E-state index contributed by atoms with van der Waals surface area (Å²) in [5.41, 5.74) is 1.80. The van der Waals surface area contributed by atoms with E-state index in [9.17, 15) is 33.0 Å². The van der Waals surface area contributed by atoms with Gasteiger partial charge in [0, 0.05) is 62.5 Å². The first-order valence-corrected chi connectivity index (χ1v) is 19.1. The highest BCUT2D eigenvalue weighted by Crippen LogP contribution is 2.35. The van der Waals surface area contributed by atoms with Crippen molar-refractivity contribution in [1.29, 1.82) is 0 Å². The van der Waals surface area contributed by atoms with E-state index in [1.807, 2.05) is 86.3 Å². The van der Waals surface area contributed by atoms with Crippen LogP contribution in [0.3, 0.4) is 0 Å². The molecule has 2 aromatic carbocycles. The summed E-state index contributed by atoms with van der Waals surface area (Å²) in [7, 11) is 1.49. The van der Waals surface area contributed by atoms with Crippen LogP contribution in [0, 0.1) is 5.92 Å². The number of β-amino-alcohol motifs (C(OH)–C–C–N with tert-alkyl or cyclic N) is 1. The molecule has 0 spiro atoms. The Morgan fingerprint density at radius 3 is 2.44 bits per heavy atom. The Kier molecular flexibility index (Phi) is 12.0. The van der Waals surface area contributed by atoms with Crippen molar-refractivity contribution >= 4 is 23.2 Å². The summed E-state index contributed by atoms with van der Waals surface area (Å²) in [6.07, 6.45) is -5.20. The number of nitrogens with one attached hydrogen (secondary N) is 2. The summed E-state index contributed by atoms with van der Waals surface area (Å²) in [6, 6.07) is 20.9. The van der Waals surface area contributed by atoms with Gasteiger partial charge in [0.1, 0.15) is 6.04 Å². The van der Waals surface area contributed by atoms with Gasteiger partial charge in [-0.25, -0.2) is 0 Å². The van der Waals surface area contributed by atoms with Crippen LogP contribution in [0.1, 0.15) is 60.5 Å². The summed E-state index contributed by atoms with van der Waals surface area (Å²) in [5, 5.41) is 32.3. The normalized spacial score (nSPS) is 20.7. The number of aliphatic hydroxyl groups is 2. The van der Waals surface area contributed by atoms with Crippen LogP contribution in [-0.4, -0.2) is 91.6 Å². The van der Waals surface area contributed by atoms with Crippen molar-refractivity contribution in [3.05, 3.63) is 100 Å². The zero-order valence-electron chi connectivity index (χ0n) is 31.0. The number of amides is 2. The van der Waals surface area contributed by atoms with E-state index in [-0.39, 0.29) is 24.8 Å². The average Bonchev–Trinajstić information content (AvgIpc) is 3.81. The van der Waals surface area contributed by atoms with Crippen LogP contribution in [-0.2, 0) is 42.2 Å². The molecule has 2 aliphatic rings. The molecule has 0 bridgehead atoms. The molecule has 54 heavy (non-hydrogen) atoms. The summed E-state index contributed by atoms with van der Waals surface area (Å²) in [4.78, 5) is 33.4. The van der Waals surface area contributed by atoms with Gasteiger partial charge < -0.3 is 20.8 Å². The molecule has 14 heteroatoms. The van der Waals surface area contributed by atoms with Crippen molar-refractivity contribution in [2.75, 3.05) is 26.2 Å². The summed E-state index contributed by atoms with van der Waals surface area (Å²) in [6.45, 7) is 7.85. The molecule has 2 aromatic heterocycles. The number of halogens is 3. The quantitative estimate of drug-likeness (QED) is 0.161. The lowest BCUT2D eigenvalue weighted by Crippen LogP contribution is -2.61. The second kappa shape index (κ2) is 16.3. The predicted molar refractivity (Wildman–Crippen MR) is 201 cm³/mol. The Bertz CT molecular complexity index is 1910. The van der Waals surface area contributed by atoms with E-state index in [1.165, 1.54) is 23.1 Å². The first kappa shape index (κ1) is 39.6. The smallest absolute Gasteiger partial charge is 0.392 e. The third-order valence-corrected chi connectivity index (χ3v) is 11.1. The molecule has 1 fully saturated rings. The van der Waals surface area contributed by atoms with Gasteiger partial charge in [0.05, 0.1) is 28.8 Å². The second-order valence-corrected chi connectivity index (χ2v) is 16.7. The van der Waals surface area contributed by atoms with Gasteiger partial charge in [-0.1, -0.05) is 54.6 Å². The largest absolute Gasteiger partial charge is 0.435 e. The molecule has 4 aromatic rings. The minimum Gasteiger partial charge on any atom is -0.392 e. The Balaban J connectivity index is 1.14. The molecule has 2 amide bonds. The minimum atomic E-state index is -4.53. The molecule has 5 atom stereocenters. The third kappa shape index (κ3) is 9.77. The number of nitrogens with zero attached hydrogens (tertiary/aromatic N) is 4. The first-order valence-electron chi connectivity index (χ1n) is 18.3. The molecule has 3 heterocycles. The maximum absolute atomic E-state index is 13.9. The lowest BCUT2D eigenvalue weighted by atomic mass is 9.91. The standard InChI is InChI=1S/C40H49F3N6O4S/c1-39(2,3)45-38(53)32-24-48(23-29-14-15-34(54-29)31-21-35(40(41,42)43)46-47(31)4)16-17-49(32)22-28(50)19-27(18-25-10-6-5-7-11-25)37(52)44-36-30-13-9-8-12-26(30)20-33(36)51/h5-15,21,27-28,32-33,36,50-51H,16-20,22-24H2,1-4H3,(H,44,52)(H,45,53)/t27-,28+,32+,33-,36?/m1/s1. The van der Waals surface area contributed by atoms with E-state index in [1.54, 1.807) is 6.07 Å². The maximum atomic E-state index is 13.9. The molecule has 0 saturated carbocycles. The first-order chi connectivity index (χ1) is 25.5. The topological polar surface area (TPSA) is 123 Å². The Morgan fingerprint density at radius 2 is 1.74 bits per heavy atom. The fraction of sp³-hybridized carbons (Fsp3) is 0.475. The van der Waals surface area contributed by atoms with Crippen LogP contribution in [0.5, 0.6) is 0 Å².